The van der Waals surface area contributed by atoms with E-state index in [9.17, 15) is 9.90 Å². The van der Waals surface area contributed by atoms with Crippen LogP contribution < -0.4 is 5.32 Å². The molecule has 1 atom stereocenters. The minimum absolute atomic E-state index is 0.0256. The first-order chi connectivity index (χ1) is 13.7. The molecule has 0 aliphatic carbocycles. The van der Waals surface area contributed by atoms with E-state index in [-0.39, 0.29) is 12.0 Å². The van der Waals surface area contributed by atoms with Gasteiger partial charge in [0.1, 0.15) is 0 Å². The van der Waals surface area contributed by atoms with Crippen LogP contribution in [0.15, 0.2) is 30.3 Å². The monoisotopic (exact) mass is 389 g/mol. The molecule has 0 aromatic heterocycles. The number of hydrogen-bond acceptors (Lipinski definition) is 2. The van der Waals surface area contributed by atoms with E-state index < -0.39 is 0 Å². The molecule has 0 bridgehead atoms. The topological polar surface area (TPSA) is 49.3 Å². The van der Waals surface area contributed by atoms with Crippen molar-refractivity contribution in [3.63, 3.8) is 0 Å². The predicted octanol–water partition coefficient (Wildman–Crippen LogP) is 6.54. The summed E-state index contributed by atoms with van der Waals surface area (Å²) in [5.41, 5.74) is 1.10. The van der Waals surface area contributed by atoms with Gasteiger partial charge in [0.15, 0.2) is 0 Å². The number of nitrogens with one attached hydrogen (secondary N) is 1. The van der Waals surface area contributed by atoms with Gasteiger partial charge in [-0.15, -0.1) is 0 Å². The zero-order chi connectivity index (χ0) is 20.3. The fourth-order valence-electron chi connectivity index (χ4n) is 3.55. The first-order valence-electron chi connectivity index (χ1n) is 11.7. The molecule has 0 fully saturated rings. The standard InChI is InChI=1S/C25H43NO2/c1-2-3-4-5-6-7-8-9-10-11-12-16-19-24(27)20-21-25(28)26-22-23-17-14-13-15-18-23/h13-15,17-18,24,27H,2-12,16,19-22H2,1H3,(H,26,28). The smallest absolute Gasteiger partial charge is 0.220 e. The van der Waals surface area contributed by atoms with Gasteiger partial charge in [0, 0.05) is 13.0 Å². The van der Waals surface area contributed by atoms with E-state index in [0.29, 0.717) is 19.4 Å². The van der Waals surface area contributed by atoms with Crippen molar-refractivity contribution in [1.82, 2.24) is 5.32 Å². The molecular weight excluding hydrogens is 346 g/mol. The maximum atomic E-state index is 11.9. The Kier molecular flexibility index (Phi) is 15.6. The van der Waals surface area contributed by atoms with Gasteiger partial charge in [-0.1, -0.05) is 114 Å². The first kappa shape index (κ1) is 24.7. The summed E-state index contributed by atoms with van der Waals surface area (Å²) in [6, 6.07) is 9.92. The van der Waals surface area contributed by atoms with Gasteiger partial charge in [-0.05, 0) is 18.4 Å². The molecule has 1 aromatic rings. The lowest BCUT2D eigenvalue weighted by Crippen LogP contribution is -2.24. The second kappa shape index (κ2) is 17.7. The third-order valence-electron chi connectivity index (χ3n) is 5.43. The van der Waals surface area contributed by atoms with Gasteiger partial charge in [-0.2, -0.15) is 0 Å². The molecule has 1 aromatic carbocycles. The highest BCUT2D eigenvalue weighted by molar-refractivity contribution is 5.75. The number of aliphatic hydroxyl groups is 1. The molecule has 0 aliphatic heterocycles. The molecule has 0 spiro atoms. The van der Waals surface area contributed by atoms with Gasteiger partial charge in [0.2, 0.25) is 5.91 Å². The SMILES string of the molecule is CCCCCCCCCCCCCCC(O)CCC(=O)NCc1ccccc1. The number of aliphatic hydroxyl groups excluding tert-OH is 1. The Morgan fingerprint density at radius 3 is 1.93 bits per heavy atom. The van der Waals surface area contributed by atoms with E-state index in [2.05, 4.69) is 12.2 Å². The van der Waals surface area contributed by atoms with E-state index in [1.807, 2.05) is 30.3 Å². The largest absolute Gasteiger partial charge is 0.393 e. The summed E-state index contributed by atoms with van der Waals surface area (Å²) in [5.74, 6) is 0.0256. The van der Waals surface area contributed by atoms with Crippen LogP contribution in [0.2, 0.25) is 0 Å². The summed E-state index contributed by atoms with van der Waals surface area (Å²) < 4.78 is 0. The maximum Gasteiger partial charge on any atom is 0.220 e. The molecule has 1 rings (SSSR count). The first-order valence-corrected chi connectivity index (χ1v) is 11.7. The van der Waals surface area contributed by atoms with Crippen LogP contribution in [-0.2, 0) is 11.3 Å². The highest BCUT2D eigenvalue weighted by atomic mass is 16.3. The van der Waals surface area contributed by atoms with Crippen LogP contribution in [0.4, 0.5) is 0 Å². The molecule has 1 amide bonds. The summed E-state index contributed by atoms with van der Waals surface area (Å²) in [7, 11) is 0. The van der Waals surface area contributed by atoms with Crippen molar-refractivity contribution in [1.29, 1.82) is 0 Å². The van der Waals surface area contributed by atoms with E-state index in [1.54, 1.807) is 0 Å². The Labute approximate surface area is 173 Å². The third-order valence-corrected chi connectivity index (χ3v) is 5.43. The number of rotatable bonds is 18. The van der Waals surface area contributed by atoms with Crippen molar-refractivity contribution in [3.05, 3.63) is 35.9 Å². The van der Waals surface area contributed by atoms with Crippen LogP contribution in [0.25, 0.3) is 0 Å². The van der Waals surface area contributed by atoms with Gasteiger partial charge in [-0.25, -0.2) is 0 Å². The number of unbranched alkanes of at least 4 members (excludes halogenated alkanes) is 11. The highest BCUT2D eigenvalue weighted by Crippen LogP contribution is 2.14. The molecule has 0 aliphatic rings. The third kappa shape index (κ3) is 14.7. The van der Waals surface area contributed by atoms with Gasteiger partial charge in [0.05, 0.1) is 6.10 Å². The second-order valence-electron chi connectivity index (χ2n) is 8.13. The molecule has 0 saturated heterocycles. The normalized spacial score (nSPS) is 12.1. The van der Waals surface area contributed by atoms with Crippen LogP contribution >= 0.6 is 0 Å². The van der Waals surface area contributed by atoms with Crippen LogP contribution in [0.3, 0.4) is 0 Å². The van der Waals surface area contributed by atoms with E-state index in [4.69, 9.17) is 0 Å². The van der Waals surface area contributed by atoms with E-state index >= 15 is 0 Å². The van der Waals surface area contributed by atoms with Crippen molar-refractivity contribution < 1.29 is 9.90 Å². The maximum absolute atomic E-state index is 11.9. The number of carbonyl (C=O) groups excluding carboxylic acids is 1. The van der Waals surface area contributed by atoms with Gasteiger partial charge in [0.25, 0.3) is 0 Å². The summed E-state index contributed by atoms with van der Waals surface area (Å²) in [5, 5.41) is 13.0. The Hall–Kier alpha value is -1.35. The van der Waals surface area contributed by atoms with Crippen LogP contribution in [0.1, 0.15) is 109 Å². The Morgan fingerprint density at radius 1 is 0.821 bits per heavy atom. The molecule has 3 heteroatoms. The lowest BCUT2D eigenvalue weighted by atomic mass is 10.0. The van der Waals surface area contributed by atoms with Crippen LogP contribution in [0.5, 0.6) is 0 Å². The van der Waals surface area contributed by atoms with E-state index in [0.717, 1.165) is 18.4 Å². The molecule has 0 saturated carbocycles. The zero-order valence-electron chi connectivity index (χ0n) is 18.1. The molecular formula is C25H43NO2. The molecule has 28 heavy (non-hydrogen) atoms. The fourth-order valence-corrected chi connectivity index (χ4v) is 3.55. The number of benzene rings is 1. The molecule has 0 radical (unpaired) electrons. The summed E-state index contributed by atoms with van der Waals surface area (Å²) in [6.07, 6.45) is 17.4. The average molecular weight is 390 g/mol. The van der Waals surface area contributed by atoms with Gasteiger partial charge in [-0.3, -0.25) is 4.79 Å². The Morgan fingerprint density at radius 2 is 1.36 bits per heavy atom. The number of amides is 1. The quantitative estimate of drug-likeness (QED) is 0.280. The van der Waals surface area contributed by atoms with Crippen molar-refractivity contribution in [2.24, 2.45) is 0 Å². The molecule has 2 N–H and O–H groups in total. The summed E-state index contributed by atoms with van der Waals surface area (Å²) >= 11 is 0. The highest BCUT2D eigenvalue weighted by Gasteiger charge is 2.08. The van der Waals surface area contributed by atoms with Crippen molar-refractivity contribution >= 4 is 5.91 Å². The minimum atomic E-state index is -0.342. The number of hydrogen-bond donors (Lipinski definition) is 2. The van der Waals surface area contributed by atoms with Crippen LogP contribution in [0, 0.1) is 0 Å². The van der Waals surface area contributed by atoms with Crippen molar-refractivity contribution in [3.8, 4) is 0 Å². The lowest BCUT2D eigenvalue weighted by Gasteiger charge is -2.11. The second-order valence-corrected chi connectivity index (χ2v) is 8.13. The minimum Gasteiger partial charge on any atom is -0.393 e. The zero-order valence-corrected chi connectivity index (χ0v) is 18.1. The fraction of sp³-hybridized carbons (Fsp3) is 0.720. The van der Waals surface area contributed by atoms with Gasteiger partial charge < -0.3 is 10.4 Å². The molecule has 160 valence electrons. The predicted molar refractivity (Wildman–Crippen MR) is 119 cm³/mol. The molecule has 0 heterocycles. The van der Waals surface area contributed by atoms with Crippen LogP contribution in [-0.4, -0.2) is 17.1 Å². The lowest BCUT2D eigenvalue weighted by molar-refractivity contribution is -0.121. The van der Waals surface area contributed by atoms with Gasteiger partial charge >= 0.3 is 0 Å². The van der Waals surface area contributed by atoms with Crippen molar-refractivity contribution in [2.75, 3.05) is 0 Å². The summed E-state index contributed by atoms with van der Waals surface area (Å²) in [4.78, 5) is 11.9. The van der Waals surface area contributed by atoms with Crippen molar-refractivity contribution in [2.45, 2.75) is 116 Å². The Balaban J connectivity index is 1.86. The molecule has 3 nitrogen and oxygen atoms in total. The summed E-state index contributed by atoms with van der Waals surface area (Å²) in [6.45, 7) is 2.83. The number of carbonyl (C=O) groups is 1. The average Bonchev–Trinajstić information content (AvgIpc) is 2.72. The van der Waals surface area contributed by atoms with E-state index in [1.165, 1.54) is 70.6 Å². The molecule has 1 unspecified atom stereocenters. The Bertz CT molecular complexity index is 475.